The van der Waals surface area contributed by atoms with Crippen molar-refractivity contribution in [1.29, 1.82) is 0 Å². The Morgan fingerprint density at radius 2 is 2.00 bits per heavy atom. The van der Waals surface area contributed by atoms with E-state index in [2.05, 4.69) is 27.6 Å². The maximum absolute atomic E-state index is 11.5. The third-order valence-electron chi connectivity index (χ3n) is 2.45. The van der Waals surface area contributed by atoms with Crippen LogP contribution in [0.15, 0.2) is 0 Å². The second-order valence-electron chi connectivity index (χ2n) is 3.77. The molecule has 0 saturated heterocycles. The highest BCUT2D eigenvalue weighted by Crippen LogP contribution is 2.09. The first-order valence-electron chi connectivity index (χ1n) is 5.59. The first kappa shape index (κ1) is 15.4. The zero-order valence-electron chi connectivity index (χ0n) is 9.63. The van der Waals surface area contributed by atoms with Crippen molar-refractivity contribution >= 4 is 26.0 Å². The van der Waals surface area contributed by atoms with Gasteiger partial charge in [-0.1, -0.05) is 42.6 Å². The fraction of sp³-hybridized carbons (Fsp3) is 1.00. The minimum Gasteiger partial charge on any atom is -0.215 e. The second kappa shape index (κ2) is 8.53. The first-order valence-corrected chi connectivity index (χ1v) is 8.36. The predicted octanol–water partition coefficient (Wildman–Crippen LogP) is 2.52. The molecule has 3 nitrogen and oxygen atoms in total. The van der Waals surface area contributed by atoms with Crippen molar-refractivity contribution < 1.29 is 8.42 Å². The van der Waals surface area contributed by atoms with Gasteiger partial charge in [-0.25, -0.2) is 13.1 Å². The molecule has 1 N–H and O–H groups in total. The van der Waals surface area contributed by atoms with Crippen molar-refractivity contribution in [1.82, 2.24) is 4.72 Å². The number of hydrogen-bond acceptors (Lipinski definition) is 2. The van der Waals surface area contributed by atoms with Crippen molar-refractivity contribution in [3.05, 3.63) is 0 Å². The lowest BCUT2D eigenvalue weighted by molar-refractivity contribution is 0.482. The van der Waals surface area contributed by atoms with Gasteiger partial charge in [0.2, 0.25) is 10.0 Å². The summed E-state index contributed by atoms with van der Waals surface area (Å²) in [5.41, 5.74) is 0. The monoisotopic (exact) mass is 299 g/mol. The fourth-order valence-electron chi connectivity index (χ4n) is 1.26. The summed E-state index contributed by atoms with van der Waals surface area (Å²) in [6.07, 6.45) is 3.69. The van der Waals surface area contributed by atoms with Gasteiger partial charge in [-0.15, -0.1) is 0 Å². The van der Waals surface area contributed by atoms with Crippen LogP contribution in [0.5, 0.6) is 0 Å². The quantitative estimate of drug-likeness (QED) is 0.665. The predicted molar refractivity (Wildman–Crippen MR) is 68.9 cm³/mol. The molecule has 0 fully saturated rings. The second-order valence-corrected chi connectivity index (χ2v) is 6.49. The molecule has 0 heterocycles. The minimum atomic E-state index is -3.03. The lowest BCUT2D eigenvalue weighted by atomic mass is 10.0. The van der Waals surface area contributed by atoms with E-state index in [9.17, 15) is 8.42 Å². The lowest BCUT2D eigenvalue weighted by Crippen LogP contribution is -2.31. The molecule has 0 amide bonds. The Hall–Kier alpha value is 0.390. The summed E-state index contributed by atoms with van der Waals surface area (Å²) in [6.45, 7) is 4.66. The normalized spacial score (nSPS) is 14.1. The molecule has 0 rings (SSSR count). The molecule has 0 spiro atoms. The van der Waals surface area contributed by atoms with Gasteiger partial charge >= 0.3 is 0 Å². The van der Waals surface area contributed by atoms with Gasteiger partial charge in [0, 0.05) is 11.9 Å². The van der Waals surface area contributed by atoms with Gasteiger partial charge in [0.15, 0.2) is 0 Å². The van der Waals surface area contributed by atoms with E-state index < -0.39 is 10.0 Å². The van der Waals surface area contributed by atoms with E-state index in [-0.39, 0.29) is 5.75 Å². The summed E-state index contributed by atoms with van der Waals surface area (Å²) in [5.74, 6) is 0.703. The van der Waals surface area contributed by atoms with Crippen LogP contribution < -0.4 is 4.72 Å². The van der Waals surface area contributed by atoms with E-state index in [0.29, 0.717) is 12.5 Å². The number of rotatable bonds is 9. The van der Waals surface area contributed by atoms with E-state index in [1.54, 1.807) is 0 Å². The number of sulfonamides is 1. The molecule has 0 aliphatic carbocycles. The zero-order valence-corrected chi connectivity index (χ0v) is 12.0. The smallest absolute Gasteiger partial charge is 0.211 e. The number of halogens is 1. The molecule has 0 aliphatic rings. The van der Waals surface area contributed by atoms with Crippen molar-refractivity contribution in [3.8, 4) is 0 Å². The van der Waals surface area contributed by atoms with Crippen LogP contribution in [0.4, 0.5) is 0 Å². The summed E-state index contributed by atoms with van der Waals surface area (Å²) in [6, 6.07) is 0. The van der Waals surface area contributed by atoms with Crippen molar-refractivity contribution in [2.24, 2.45) is 5.92 Å². The molecule has 92 valence electrons. The Labute approximate surface area is 102 Å². The van der Waals surface area contributed by atoms with Gasteiger partial charge in [-0.3, -0.25) is 0 Å². The maximum Gasteiger partial charge on any atom is 0.211 e. The Morgan fingerprint density at radius 3 is 2.47 bits per heavy atom. The van der Waals surface area contributed by atoms with Crippen LogP contribution >= 0.6 is 15.9 Å². The molecule has 0 saturated carbocycles. The average Bonchev–Trinajstić information content (AvgIpc) is 2.21. The molecule has 0 aromatic carbocycles. The van der Waals surface area contributed by atoms with Crippen LogP contribution in [0.1, 0.15) is 39.5 Å². The van der Waals surface area contributed by atoms with Gasteiger partial charge in [0.05, 0.1) is 5.75 Å². The molecule has 0 radical (unpaired) electrons. The van der Waals surface area contributed by atoms with E-state index >= 15 is 0 Å². The Bertz CT molecular complexity index is 242. The Kier molecular flexibility index (Phi) is 8.75. The van der Waals surface area contributed by atoms with Crippen LogP contribution in [0.3, 0.4) is 0 Å². The highest BCUT2D eigenvalue weighted by molar-refractivity contribution is 9.09. The Balaban J connectivity index is 3.90. The lowest BCUT2D eigenvalue weighted by Gasteiger charge is -2.14. The van der Waals surface area contributed by atoms with Gasteiger partial charge in [0.1, 0.15) is 0 Å². The minimum absolute atomic E-state index is 0.258. The molecule has 1 atom stereocenters. The van der Waals surface area contributed by atoms with E-state index in [1.165, 1.54) is 0 Å². The summed E-state index contributed by atoms with van der Waals surface area (Å²) in [7, 11) is -3.03. The van der Waals surface area contributed by atoms with Gasteiger partial charge < -0.3 is 0 Å². The molecule has 1 unspecified atom stereocenters. The highest BCUT2D eigenvalue weighted by atomic mass is 79.9. The summed E-state index contributed by atoms with van der Waals surface area (Å²) in [5, 5.41) is 0.933. The van der Waals surface area contributed by atoms with E-state index in [0.717, 1.165) is 31.0 Å². The van der Waals surface area contributed by atoms with Crippen LogP contribution in [-0.4, -0.2) is 26.0 Å². The Morgan fingerprint density at radius 1 is 1.33 bits per heavy atom. The largest absolute Gasteiger partial charge is 0.215 e. The zero-order chi connectivity index (χ0) is 11.7. The molecule has 0 aromatic rings. The van der Waals surface area contributed by atoms with Crippen LogP contribution in [0.2, 0.25) is 0 Å². The van der Waals surface area contributed by atoms with Crippen LogP contribution in [0, 0.1) is 5.92 Å². The topological polar surface area (TPSA) is 46.2 Å². The van der Waals surface area contributed by atoms with Crippen molar-refractivity contribution in [2.45, 2.75) is 39.5 Å². The van der Waals surface area contributed by atoms with E-state index in [1.807, 2.05) is 6.92 Å². The van der Waals surface area contributed by atoms with E-state index in [4.69, 9.17) is 0 Å². The van der Waals surface area contributed by atoms with Crippen LogP contribution in [0.25, 0.3) is 0 Å². The summed E-state index contributed by atoms with van der Waals surface area (Å²) >= 11 is 3.38. The standard InChI is InChI=1S/C10H22BrNO2S/c1-3-5-8-15(13,14)12-9-10(4-2)6-7-11/h10,12H,3-9H2,1-2H3. The molecular formula is C10H22BrNO2S. The number of unbranched alkanes of at least 4 members (excludes halogenated alkanes) is 1. The molecule has 5 heteroatoms. The van der Waals surface area contributed by atoms with Gasteiger partial charge in [0.25, 0.3) is 0 Å². The summed E-state index contributed by atoms with van der Waals surface area (Å²) < 4.78 is 25.7. The molecule has 0 aromatic heterocycles. The van der Waals surface area contributed by atoms with Crippen LogP contribution in [-0.2, 0) is 10.0 Å². The SMILES string of the molecule is CCCCS(=O)(=O)NCC(CC)CCBr. The number of alkyl halides is 1. The van der Waals surface area contributed by atoms with Gasteiger partial charge in [-0.2, -0.15) is 0 Å². The van der Waals surface area contributed by atoms with Crippen molar-refractivity contribution in [2.75, 3.05) is 17.6 Å². The fourth-order valence-corrected chi connectivity index (χ4v) is 3.21. The number of hydrogen-bond donors (Lipinski definition) is 1. The molecular weight excluding hydrogens is 278 g/mol. The van der Waals surface area contributed by atoms with Gasteiger partial charge in [-0.05, 0) is 18.8 Å². The molecule has 0 aliphatic heterocycles. The summed E-state index contributed by atoms with van der Waals surface area (Å²) in [4.78, 5) is 0. The maximum atomic E-state index is 11.5. The first-order chi connectivity index (χ1) is 7.05. The van der Waals surface area contributed by atoms with Crippen molar-refractivity contribution in [3.63, 3.8) is 0 Å². The highest BCUT2D eigenvalue weighted by Gasteiger charge is 2.12. The molecule has 15 heavy (non-hydrogen) atoms. The average molecular weight is 300 g/mol. The third kappa shape index (κ3) is 8.22. The molecule has 0 bridgehead atoms. The third-order valence-corrected chi connectivity index (χ3v) is 4.34. The number of nitrogens with one attached hydrogen (secondary N) is 1.